The van der Waals surface area contributed by atoms with Crippen LogP contribution in [-0.4, -0.2) is 7.05 Å². The van der Waals surface area contributed by atoms with E-state index in [9.17, 15) is 4.39 Å². The van der Waals surface area contributed by atoms with Gasteiger partial charge in [0.2, 0.25) is 0 Å². The van der Waals surface area contributed by atoms with Gasteiger partial charge < -0.3 is 4.90 Å². The van der Waals surface area contributed by atoms with E-state index in [1.807, 2.05) is 49.2 Å². The van der Waals surface area contributed by atoms with Gasteiger partial charge in [0, 0.05) is 12.1 Å². The summed E-state index contributed by atoms with van der Waals surface area (Å²) in [5.74, 6) is -0.511. The number of nitrogens with zero attached hydrogens (tertiary/aromatic N) is 2. The van der Waals surface area contributed by atoms with Crippen LogP contribution in [0.4, 0.5) is 10.1 Å². The van der Waals surface area contributed by atoms with Gasteiger partial charge in [0.1, 0.15) is 17.4 Å². The van der Waals surface area contributed by atoms with Crippen LogP contribution in [0.5, 0.6) is 0 Å². The van der Waals surface area contributed by atoms with Gasteiger partial charge in [-0.25, -0.2) is 4.39 Å². The number of hydrogen-bond acceptors (Lipinski definition) is 2. The summed E-state index contributed by atoms with van der Waals surface area (Å²) in [6.45, 7) is 1.97. The molecule has 0 spiro atoms. The standard InChI is InChI=1S/C16H14ClFN2/c1-11(12-6-3-4-7-14(12)17)20(2)16-9-5-8-15(18)13(16)10-19/h3-9,11H,1-2H3. The van der Waals surface area contributed by atoms with Crippen LogP contribution >= 0.6 is 11.6 Å². The van der Waals surface area contributed by atoms with E-state index in [2.05, 4.69) is 0 Å². The zero-order valence-corrected chi connectivity index (χ0v) is 12.0. The Morgan fingerprint density at radius 1 is 1.20 bits per heavy atom. The summed E-state index contributed by atoms with van der Waals surface area (Å²) in [7, 11) is 1.82. The minimum absolute atomic E-state index is 0.0499. The third-order valence-electron chi connectivity index (χ3n) is 3.42. The third kappa shape index (κ3) is 2.61. The highest BCUT2D eigenvalue weighted by Crippen LogP contribution is 2.32. The first-order valence-corrected chi connectivity index (χ1v) is 6.60. The van der Waals surface area contributed by atoms with Crippen molar-refractivity contribution in [2.75, 3.05) is 11.9 Å². The number of benzene rings is 2. The molecule has 1 atom stereocenters. The molecule has 1 unspecified atom stereocenters. The molecule has 0 fully saturated rings. The number of anilines is 1. The van der Waals surface area contributed by atoms with Gasteiger partial charge in [-0.05, 0) is 30.7 Å². The lowest BCUT2D eigenvalue weighted by Crippen LogP contribution is -2.23. The van der Waals surface area contributed by atoms with Crippen LogP contribution in [0, 0.1) is 17.1 Å². The van der Waals surface area contributed by atoms with Crippen molar-refractivity contribution in [3.8, 4) is 6.07 Å². The van der Waals surface area contributed by atoms with Crippen LogP contribution in [0.2, 0.25) is 5.02 Å². The van der Waals surface area contributed by atoms with Crippen molar-refractivity contribution in [1.29, 1.82) is 5.26 Å². The van der Waals surface area contributed by atoms with Gasteiger partial charge in [0.05, 0.1) is 11.7 Å². The smallest absolute Gasteiger partial charge is 0.143 e. The van der Waals surface area contributed by atoms with E-state index in [1.54, 1.807) is 12.1 Å². The second-order valence-corrected chi connectivity index (χ2v) is 4.96. The first-order chi connectivity index (χ1) is 9.56. The van der Waals surface area contributed by atoms with Gasteiger partial charge in [-0.1, -0.05) is 35.9 Å². The highest BCUT2D eigenvalue weighted by Gasteiger charge is 2.19. The molecule has 0 bridgehead atoms. The molecule has 2 rings (SSSR count). The fourth-order valence-corrected chi connectivity index (χ4v) is 2.44. The summed E-state index contributed by atoms with van der Waals surface area (Å²) in [5.41, 5.74) is 1.54. The Hall–Kier alpha value is -2.05. The first kappa shape index (κ1) is 14.4. The fourth-order valence-electron chi connectivity index (χ4n) is 2.15. The minimum atomic E-state index is -0.511. The lowest BCUT2D eigenvalue weighted by Gasteiger charge is -2.28. The molecule has 0 saturated heterocycles. The van der Waals surface area contributed by atoms with E-state index in [-0.39, 0.29) is 11.6 Å². The second-order valence-electron chi connectivity index (χ2n) is 4.55. The molecule has 2 aromatic carbocycles. The largest absolute Gasteiger partial charge is 0.367 e. The topological polar surface area (TPSA) is 27.0 Å². The molecule has 0 heterocycles. The molecule has 20 heavy (non-hydrogen) atoms. The van der Waals surface area contributed by atoms with Crippen molar-refractivity contribution >= 4 is 17.3 Å². The van der Waals surface area contributed by atoms with Crippen LogP contribution in [0.15, 0.2) is 42.5 Å². The normalized spacial score (nSPS) is 11.8. The van der Waals surface area contributed by atoms with E-state index < -0.39 is 5.82 Å². The molecular formula is C16H14ClFN2. The van der Waals surface area contributed by atoms with Crippen LogP contribution < -0.4 is 4.90 Å². The molecule has 0 aliphatic carbocycles. The van der Waals surface area contributed by atoms with Crippen molar-refractivity contribution in [2.24, 2.45) is 0 Å². The van der Waals surface area contributed by atoms with Crippen LogP contribution in [-0.2, 0) is 0 Å². The molecule has 0 aliphatic heterocycles. The summed E-state index contributed by atoms with van der Waals surface area (Å²) in [4.78, 5) is 1.85. The lowest BCUT2D eigenvalue weighted by atomic mass is 10.1. The molecule has 0 saturated carbocycles. The minimum Gasteiger partial charge on any atom is -0.367 e. The van der Waals surface area contributed by atoms with E-state index in [4.69, 9.17) is 16.9 Å². The monoisotopic (exact) mass is 288 g/mol. The van der Waals surface area contributed by atoms with E-state index >= 15 is 0 Å². The maximum atomic E-state index is 13.7. The van der Waals surface area contributed by atoms with Gasteiger partial charge in [-0.3, -0.25) is 0 Å². The lowest BCUT2D eigenvalue weighted by molar-refractivity contribution is 0.621. The molecule has 2 aromatic rings. The van der Waals surface area contributed by atoms with E-state index in [0.717, 1.165) is 5.56 Å². The van der Waals surface area contributed by atoms with E-state index in [1.165, 1.54) is 6.07 Å². The zero-order chi connectivity index (χ0) is 14.7. The SMILES string of the molecule is CC(c1ccccc1Cl)N(C)c1cccc(F)c1C#N. The molecular weight excluding hydrogens is 275 g/mol. The summed E-state index contributed by atoms with van der Waals surface area (Å²) in [5, 5.41) is 9.77. The van der Waals surface area contributed by atoms with Gasteiger partial charge in [-0.15, -0.1) is 0 Å². The Kier molecular flexibility index (Phi) is 4.26. The van der Waals surface area contributed by atoms with Crippen molar-refractivity contribution < 1.29 is 4.39 Å². The maximum Gasteiger partial charge on any atom is 0.143 e. The number of hydrogen-bond donors (Lipinski definition) is 0. The Morgan fingerprint density at radius 2 is 1.90 bits per heavy atom. The van der Waals surface area contributed by atoms with Gasteiger partial charge in [0.15, 0.2) is 0 Å². The van der Waals surface area contributed by atoms with Crippen LogP contribution in [0.1, 0.15) is 24.1 Å². The summed E-state index contributed by atoms with van der Waals surface area (Å²) in [6, 6.07) is 14.0. The summed E-state index contributed by atoms with van der Waals surface area (Å²) >= 11 is 6.19. The van der Waals surface area contributed by atoms with Crippen LogP contribution in [0.3, 0.4) is 0 Å². The van der Waals surface area contributed by atoms with E-state index in [0.29, 0.717) is 10.7 Å². The zero-order valence-electron chi connectivity index (χ0n) is 11.3. The molecule has 102 valence electrons. The van der Waals surface area contributed by atoms with Crippen LogP contribution in [0.25, 0.3) is 0 Å². The first-order valence-electron chi connectivity index (χ1n) is 6.22. The van der Waals surface area contributed by atoms with Gasteiger partial charge in [-0.2, -0.15) is 5.26 Å². The Balaban J connectivity index is 2.42. The van der Waals surface area contributed by atoms with Crippen molar-refractivity contribution in [2.45, 2.75) is 13.0 Å². The molecule has 0 aromatic heterocycles. The average Bonchev–Trinajstić information content (AvgIpc) is 2.46. The molecule has 0 radical (unpaired) electrons. The fraction of sp³-hybridized carbons (Fsp3) is 0.188. The highest BCUT2D eigenvalue weighted by atomic mass is 35.5. The average molecular weight is 289 g/mol. The Bertz CT molecular complexity index is 664. The molecule has 0 aliphatic rings. The Labute approximate surface area is 123 Å². The number of halogens is 2. The predicted molar refractivity (Wildman–Crippen MR) is 79.4 cm³/mol. The quantitative estimate of drug-likeness (QED) is 0.828. The molecule has 2 nitrogen and oxygen atoms in total. The predicted octanol–water partition coefficient (Wildman–Crippen LogP) is 4.55. The third-order valence-corrected chi connectivity index (χ3v) is 3.76. The Morgan fingerprint density at radius 3 is 2.55 bits per heavy atom. The summed E-state index contributed by atoms with van der Waals surface area (Å²) in [6.07, 6.45) is 0. The van der Waals surface area contributed by atoms with Crippen molar-refractivity contribution in [3.05, 3.63) is 64.4 Å². The number of rotatable bonds is 3. The molecule has 4 heteroatoms. The van der Waals surface area contributed by atoms with Crippen molar-refractivity contribution in [1.82, 2.24) is 0 Å². The second kappa shape index (κ2) is 5.94. The van der Waals surface area contributed by atoms with Gasteiger partial charge in [0.25, 0.3) is 0 Å². The molecule has 0 N–H and O–H groups in total. The molecule has 0 amide bonds. The highest BCUT2D eigenvalue weighted by molar-refractivity contribution is 6.31. The maximum absolute atomic E-state index is 13.7. The summed E-state index contributed by atoms with van der Waals surface area (Å²) < 4.78 is 13.7. The van der Waals surface area contributed by atoms with Crippen molar-refractivity contribution in [3.63, 3.8) is 0 Å². The number of nitriles is 1. The van der Waals surface area contributed by atoms with Gasteiger partial charge >= 0.3 is 0 Å².